The van der Waals surface area contributed by atoms with E-state index in [1.165, 1.54) is 5.56 Å². The number of fused-ring (bicyclic) bond motifs is 1. The number of likely N-dealkylation sites (N-methyl/N-ethyl adjacent to an activating group) is 1. The van der Waals surface area contributed by atoms with Crippen molar-refractivity contribution in [2.24, 2.45) is 0 Å². The molecule has 0 saturated carbocycles. The highest BCUT2D eigenvalue weighted by Crippen LogP contribution is 2.19. The van der Waals surface area contributed by atoms with Gasteiger partial charge < -0.3 is 9.15 Å². The lowest BCUT2D eigenvalue weighted by Gasteiger charge is -2.17. The van der Waals surface area contributed by atoms with E-state index in [0.29, 0.717) is 25.4 Å². The Hall–Kier alpha value is -2.05. The molecule has 0 unspecified atom stereocenters. The van der Waals surface area contributed by atoms with Crippen LogP contribution in [-0.4, -0.2) is 29.7 Å². The molecule has 0 aliphatic rings. The van der Waals surface area contributed by atoms with Crippen molar-refractivity contribution < 1.29 is 9.15 Å². The Bertz CT molecular complexity index is 901. The van der Waals surface area contributed by atoms with Gasteiger partial charge in [0.1, 0.15) is 12.4 Å². The molecule has 0 spiro atoms. The lowest BCUT2D eigenvalue weighted by Crippen LogP contribution is -2.30. The van der Waals surface area contributed by atoms with Crippen molar-refractivity contribution in [3.63, 3.8) is 0 Å². The normalized spacial score (nSPS) is 11.3. The fraction of sp³-hybridized carbons (Fsp3) is 0.278. The van der Waals surface area contributed by atoms with E-state index < -0.39 is 0 Å². The molecule has 3 rings (SSSR count). The number of ether oxygens (including phenoxy) is 1. The molecule has 0 N–H and O–H groups in total. The number of benzene rings is 2. The Kier molecular flexibility index (Phi) is 5.06. The average molecular weight is 391 g/mol. The summed E-state index contributed by atoms with van der Waals surface area (Å²) in [4.78, 5) is 14.1. The number of aryl methyl sites for hydroxylation is 1. The van der Waals surface area contributed by atoms with E-state index in [1.807, 2.05) is 55.3 Å². The summed E-state index contributed by atoms with van der Waals surface area (Å²) in [6.45, 7) is 3.73. The SMILES string of the molecule is Cc1cccc(OCCN(C)Cn2c(=O)oc3cc(Br)ccc32)c1. The zero-order valence-corrected chi connectivity index (χ0v) is 15.2. The van der Waals surface area contributed by atoms with E-state index in [2.05, 4.69) is 15.9 Å². The largest absolute Gasteiger partial charge is 0.492 e. The van der Waals surface area contributed by atoms with E-state index in [4.69, 9.17) is 9.15 Å². The highest BCUT2D eigenvalue weighted by atomic mass is 79.9. The molecular formula is C18H19BrN2O3. The molecule has 0 fully saturated rings. The third kappa shape index (κ3) is 3.88. The molecule has 3 aromatic rings. The zero-order chi connectivity index (χ0) is 17.1. The topological polar surface area (TPSA) is 47.6 Å². The monoisotopic (exact) mass is 390 g/mol. The van der Waals surface area contributed by atoms with Crippen molar-refractivity contribution in [3.8, 4) is 5.75 Å². The molecule has 6 heteroatoms. The van der Waals surface area contributed by atoms with E-state index in [0.717, 1.165) is 15.7 Å². The lowest BCUT2D eigenvalue weighted by molar-refractivity contribution is 0.203. The van der Waals surface area contributed by atoms with E-state index in [1.54, 1.807) is 10.6 Å². The smallest absolute Gasteiger partial charge is 0.421 e. The quantitative estimate of drug-likeness (QED) is 0.644. The van der Waals surface area contributed by atoms with Gasteiger partial charge in [-0.1, -0.05) is 28.1 Å². The van der Waals surface area contributed by atoms with Crippen LogP contribution in [0.3, 0.4) is 0 Å². The third-order valence-corrected chi connectivity index (χ3v) is 4.24. The maximum Gasteiger partial charge on any atom is 0.421 e. The minimum Gasteiger partial charge on any atom is -0.492 e. The Balaban J connectivity index is 1.62. The molecule has 1 aromatic heterocycles. The third-order valence-electron chi connectivity index (χ3n) is 3.74. The number of aromatic nitrogens is 1. The minimum absolute atomic E-state index is 0.352. The summed E-state index contributed by atoms with van der Waals surface area (Å²) < 4.78 is 13.5. The maximum absolute atomic E-state index is 12.0. The standard InChI is InChI=1S/C18H19BrN2O3/c1-13-4-3-5-15(10-13)23-9-8-20(2)12-21-16-7-6-14(19)11-17(16)24-18(21)22/h3-7,10-11H,8-9,12H2,1-2H3. The summed E-state index contributed by atoms with van der Waals surface area (Å²) in [7, 11) is 1.95. The van der Waals surface area contributed by atoms with Crippen molar-refractivity contribution >= 4 is 27.0 Å². The number of oxazole rings is 1. The molecule has 2 aromatic carbocycles. The van der Waals surface area contributed by atoms with E-state index in [-0.39, 0.29) is 5.76 Å². The first kappa shape index (κ1) is 16.8. The Morgan fingerprint density at radius 1 is 1.25 bits per heavy atom. The number of rotatable bonds is 6. The minimum atomic E-state index is -0.352. The first-order valence-corrected chi connectivity index (χ1v) is 8.49. The van der Waals surface area contributed by atoms with Gasteiger partial charge in [0.2, 0.25) is 0 Å². The van der Waals surface area contributed by atoms with Crippen LogP contribution in [-0.2, 0) is 6.67 Å². The second-order valence-electron chi connectivity index (χ2n) is 5.79. The second kappa shape index (κ2) is 7.23. The van der Waals surface area contributed by atoms with Gasteiger partial charge in [-0.25, -0.2) is 4.79 Å². The highest BCUT2D eigenvalue weighted by Gasteiger charge is 2.11. The van der Waals surface area contributed by atoms with Crippen molar-refractivity contribution in [3.05, 3.63) is 63.1 Å². The Labute approximate surface area is 148 Å². The van der Waals surface area contributed by atoms with Crippen LogP contribution in [0.1, 0.15) is 5.56 Å². The predicted molar refractivity (Wildman–Crippen MR) is 97.5 cm³/mol. The Morgan fingerprint density at radius 3 is 2.88 bits per heavy atom. The molecule has 24 heavy (non-hydrogen) atoms. The lowest BCUT2D eigenvalue weighted by atomic mass is 10.2. The number of hydrogen-bond acceptors (Lipinski definition) is 4. The van der Waals surface area contributed by atoms with Gasteiger partial charge in [-0.3, -0.25) is 9.47 Å². The van der Waals surface area contributed by atoms with Gasteiger partial charge in [-0.2, -0.15) is 0 Å². The molecule has 0 amide bonds. The van der Waals surface area contributed by atoms with Crippen LogP contribution >= 0.6 is 15.9 Å². The maximum atomic E-state index is 12.0. The molecule has 0 aliphatic carbocycles. The van der Waals surface area contributed by atoms with Gasteiger partial charge in [-0.15, -0.1) is 0 Å². The van der Waals surface area contributed by atoms with Gasteiger partial charge in [0.15, 0.2) is 5.58 Å². The van der Waals surface area contributed by atoms with Crippen LogP contribution in [0.15, 0.2) is 56.1 Å². The van der Waals surface area contributed by atoms with E-state index in [9.17, 15) is 4.79 Å². The fourth-order valence-electron chi connectivity index (χ4n) is 2.51. The average Bonchev–Trinajstić information content (AvgIpc) is 2.82. The van der Waals surface area contributed by atoms with E-state index >= 15 is 0 Å². The molecule has 0 bridgehead atoms. The van der Waals surface area contributed by atoms with Crippen LogP contribution in [0.5, 0.6) is 5.75 Å². The first-order chi connectivity index (χ1) is 11.5. The summed E-state index contributed by atoms with van der Waals surface area (Å²) in [5.41, 5.74) is 2.54. The van der Waals surface area contributed by atoms with Gasteiger partial charge >= 0.3 is 5.76 Å². The van der Waals surface area contributed by atoms with Gasteiger partial charge in [0.05, 0.1) is 12.2 Å². The summed E-state index contributed by atoms with van der Waals surface area (Å²) in [5, 5.41) is 0. The van der Waals surface area contributed by atoms with Gasteiger partial charge in [0.25, 0.3) is 0 Å². The molecule has 5 nitrogen and oxygen atoms in total. The zero-order valence-electron chi connectivity index (χ0n) is 13.7. The summed E-state index contributed by atoms with van der Waals surface area (Å²) in [5.74, 6) is 0.508. The van der Waals surface area contributed by atoms with Crippen LogP contribution < -0.4 is 10.5 Å². The number of hydrogen-bond donors (Lipinski definition) is 0. The van der Waals surface area contributed by atoms with Crippen LogP contribution in [0, 0.1) is 6.92 Å². The molecule has 0 radical (unpaired) electrons. The van der Waals surface area contributed by atoms with Crippen LogP contribution in [0.25, 0.3) is 11.1 Å². The Morgan fingerprint density at radius 2 is 2.08 bits per heavy atom. The summed E-state index contributed by atoms with van der Waals surface area (Å²) in [6, 6.07) is 13.5. The summed E-state index contributed by atoms with van der Waals surface area (Å²) >= 11 is 3.38. The highest BCUT2D eigenvalue weighted by molar-refractivity contribution is 9.10. The first-order valence-electron chi connectivity index (χ1n) is 7.70. The molecule has 1 heterocycles. The second-order valence-corrected chi connectivity index (χ2v) is 6.71. The van der Waals surface area contributed by atoms with Crippen molar-refractivity contribution in [1.82, 2.24) is 9.47 Å². The molecule has 126 valence electrons. The van der Waals surface area contributed by atoms with Gasteiger partial charge in [0, 0.05) is 11.0 Å². The molecular weight excluding hydrogens is 372 g/mol. The number of nitrogens with zero attached hydrogens (tertiary/aromatic N) is 2. The fourth-order valence-corrected chi connectivity index (χ4v) is 2.85. The molecule has 0 saturated heterocycles. The van der Waals surface area contributed by atoms with Crippen LogP contribution in [0.2, 0.25) is 0 Å². The van der Waals surface area contributed by atoms with Crippen molar-refractivity contribution in [2.75, 3.05) is 20.2 Å². The van der Waals surface area contributed by atoms with Crippen LogP contribution in [0.4, 0.5) is 0 Å². The molecule has 0 atom stereocenters. The predicted octanol–water partition coefficient (Wildman–Crippen LogP) is 3.63. The van der Waals surface area contributed by atoms with Crippen molar-refractivity contribution in [1.29, 1.82) is 0 Å². The van der Waals surface area contributed by atoms with Crippen molar-refractivity contribution in [2.45, 2.75) is 13.6 Å². The van der Waals surface area contributed by atoms with Gasteiger partial charge in [-0.05, 0) is 49.9 Å². The number of halogens is 1. The summed E-state index contributed by atoms with van der Waals surface area (Å²) in [6.07, 6.45) is 0. The molecule has 0 aliphatic heterocycles.